The van der Waals surface area contributed by atoms with Gasteiger partial charge in [0.25, 0.3) is 0 Å². The smallest absolute Gasteiger partial charge is 0.225 e. The first-order chi connectivity index (χ1) is 15.6. The van der Waals surface area contributed by atoms with Gasteiger partial charge in [-0.2, -0.15) is 0 Å². The number of benzene rings is 1. The van der Waals surface area contributed by atoms with Gasteiger partial charge in [-0.25, -0.2) is 4.98 Å². The van der Waals surface area contributed by atoms with Crippen LogP contribution in [0.15, 0.2) is 60.6 Å². The van der Waals surface area contributed by atoms with Crippen LogP contribution in [0.25, 0.3) is 11.3 Å². The van der Waals surface area contributed by atoms with E-state index < -0.39 is 0 Å². The Balaban J connectivity index is 1.15. The molecule has 0 saturated heterocycles. The Labute approximate surface area is 188 Å². The van der Waals surface area contributed by atoms with E-state index in [1.807, 2.05) is 30.8 Å². The molecule has 1 fully saturated rings. The molecule has 32 heavy (non-hydrogen) atoms. The number of hydrogen-bond acceptors (Lipinski definition) is 4. The standard InChI is InChI=1S/C26H31N3O3/c27-26(31)20-6-2-1-5-18(20)15-32-19-11-9-17(10-12-19)25(30)13-23-21-7-3-4-8-22(21)24-14-28-16-29(23)24/h1-5,7-8,14,16-17,19-20,23,25,30H,6,9-13,15H2,(H2,27,31). The van der Waals surface area contributed by atoms with Crippen LogP contribution in [-0.4, -0.2) is 39.4 Å². The number of fused-ring (bicyclic) bond motifs is 3. The molecule has 1 aromatic heterocycles. The van der Waals surface area contributed by atoms with Crippen molar-refractivity contribution in [2.75, 3.05) is 6.61 Å². The largest absolute Gasteiger partial charge is 0.393 e. The van der Waals surface area contributed by atoms with Crippen LogP contribution in [0.4, 0.5) is 0 Å². The van der Waals surface area contributed by atoms with Crippen molar-refractivity contribution in [3.05, 3.63) is 66.2 Å². The Morgan fingerprint density at radius 3 is 2.88 bits per heavy atom. The van der Waals surface area contributed by atoms with Crippen molar-refractivity contribution >= 4 is 5.91 Å². The molecule has 3 N–H and O–H groups in total. The summed E-state index contributed by atoms with van der Waals surface area (Å²) < 4.78 is 8.34. The first-order valence-corrected chi connectivity index (χ1v) is 11.7. The Morgan fingerprint density at radius 1 is 1.25 bits per heavy atom. The highest BCUT2D eigenvalue weighted by atomic mass is 16.5. The molecule has 1 aromatic carbocycles. The number of ether oxygens (including phenoxy) is 1. The van der Waals surface area contributed by atoms with Gasteiger partial charge in [0.1, 0.15) is 0 Å². The third-order valence-corrected chi connectivity index (χ3v) is 7.42. The van der Waals surface area contributed by atoms with Crippen LogP contribution < -0.4 is 5.73 Å². The van der Waals surface area contributed by atoms with E-state index in [2.05, 4.69) is 33.8 Å². The fourth-order valence-corrected chi connectivity index (χ4v) is 5.57. The number of carbonyl (C=O) groups is 1. The lowest BCUT2D eigenvalue weighted by molar-refractivity contribution is -0.121. The number of carbonyl (C=O) groups excluding carboxylic acids is 1. The van der Waals surface area contributed by atoms with Crippen molar-refractivity contribution < 1.29 is 14.6 Å². The molecule has 3 unspecified atom stereocenters. The normalized spacial score (nSPS) is 27.5. The van der Waals surface area contributed by atoms with Gasteiger partial charge in [0.2, 0.25) is 5.91 Å². The zero-order chi connectivity index (χ0) is 22.1. The van der Waals surface area contributed by atoms with E-state index in [1.165, 1.54) is 11.1 Å². The molecule has 0 spiro atoms. The van der Waals surface area contributed by atoms with Gasteiger partial charge in [0, 0.05) is 5.56 Å². The van der Waals surface area contributed by atoms with Gasteiger partial charge < -0.3 is 20.1 Å². The lowest BCUT2D eigenvalue weighted by Gasteiger charge is -2.33. The molecule has 3 atom stereocenters. The first kappa shape index (κ1) is 21.2. The van der Waals surface area contributed by atoms with E-state index in [4.69, 9.17) is 10.5 Å². The van der Waals surface area contributed by atoms with E-state index in [9.17, 15) is 9.90 Å². The van der Waals surface area contributed by atoms with Gasteiger partial charge in [0.05, 0.1) is 49.0 Å². The lowest BCUT2D eigenvalue weighted by atomic mass is 9.81. The van der Waals surface area contributed by atoms with Gasteiger partial charge in [-0.15, -0.1) is 0 Å². The minimum atomic E-state index is -0.354. The third-order valence-electron chi connectivity index (χ3n) is 7.42. The number of aromatic nitrogens is 2. The van der Waals surface area contributed by atoms with Crippen molar-refractivity contribution in [1.82, 2.24) is 9.55 Å². The maximum absolute atomic E-state index is 11.7. The van der Waals surface area contributed by atoms with Crippen molar-refractivity contribution in [2.24, 2.45) is 17.6 Å². The number of aliphatic hydroxyl groups excluding tert-OH is 1. The van der Waals surface area contributed by atoms with Crippen molar-refractivity contribution in [2.45, 2.75) is 56.8 Å². The maximum Gasteiger partial charge on any atom is 0.225 e. The first-order valence-electron chi connectivity index (χ1n) is 11.7. The number of rotatable bonds is 7. The number of primary amides is 1. The number of nitrogens with two attached hydrogens (primary N) is 1. The fourth-order valence-electron chi connectivity index (χ4n) is 5.57. The third kappa shape index (κ3) is 4.05. The summed E-state index contributed by atoms with van der Waals surface area (Å²) in [7, 11) is 0. The molecule has 6 nitrogen and oxygen atoms in total. The van der Waals surface area contributed by atoms with Crippen LogP contribution in [0.1, 0.15) is 50.1 Å². The van der Waals surface area contributed by atoms with Gasteiger partial charge in [-0.1, -0.05) is 42.5 Å². The van der Waals surface area contributed by atoms with Gasteiger partial charge in [-0.05, 0) is 55.6 Å². The molecular weight excluding hydrogens is 402 g/mol. The molecule has 0 bridgehead atoms. The van der Waals surface area contributed by atoms with Gasteiger partial charge >= 0.3 is 0 Å². The average molecular weight is 434 g/mol. The number of aliphatic hydroxyl groups is 1. The van der Waals surface area contributed by atoms with Crippen molar-refractivity contribution in [3.63, 3.8) is 0 Å². The predicted molar refractivity (Wildman–Crippen MR) is 123 cm³/mol. The molecule has 2 aliphatic carbocycles. The van der Waals surface area contributed by atoms with Crippen LogP contribution in [0.2, 0.25) is 0 Å². The van der Waals surface area contributed by atoms with Gasteiger partial charge in [-0.3, -0.25) is 4.79 Å². The highest BCUT2D eigenvalue weighted by Gasteiger charge is 2.34. The van der Waals surface area contributed by atoms with E-state index in [1.54, 1.807) is 0 Å². The van der Waals surface area contributed by atoms with Crippen LogP contribution in [-0.2, 0) is 9.53 Å². The van der Waals surface area contributed by atoms with E-state index >= 15 is 0 Å². The second-order valence-electron chi connectivity index (χ2n) is 9.30. The highest BCUT2D eigenvalue weighted by molar-refractivity contribution is 5.80. The van der Waals surface area contributed by atoms with Crippen molar-refractivity contribution in [3.8, 4) is 11.3 Å². The summed E-state index contributed by atoms with van der Waals surface area (Å²) in [6.07, 6.45) is 14.6. The SMILES string of the molecule is NC(=O)C1CC=CC=C1COC1CCC(C(O)CC2c3ccccc3-c3cncn32)CC1. The Kier molecular flexibility index (Phi) is 5.98. The summed E-state index contributed by atoms with van der Waals surface area (Å²) in [5, 5.41) is 11.1. The number of allylic oxidation sites excluding steroid dienone is 3. The number of amides is 1. The minimum absolute atomic E-state index is 0.143. The minimum Gasteiger partial charge on any atom is -0.393 e. The van der Waals surface area contributed by atoms with Crippen molar-refractivity contribution in [1.29, 1.82) is 0 Å². The second kappa shape index (κ2) is 9.04. The molecule has 2 aromatic rings. The average Bonchev–Trinajstić information content (AvgIpc) is 3.41. The van der Waals surface area contributed by atoms with Crippen LogP contribution in [0.5, 0.6) is 0 Å². The zero-order valence-electron chi connectivity index (χ0n) is 18.3. The number of hydrogen-bond donors (Lipinski definition) is 2. The fraction of sp³-hybridized carbons (Fsp3) is 0.462. The topological polar surface area (TPSA) is 90.4 Å². The summed E-state index contributed by atoms with van der Waals surface area (Å²) in [5.41, 5.74) is 10.1. The second-order valence-corrected chi connectivity index (χ2v) is 9.30. The lowest BCUT2D eigenvalue weighted by Crippen LogP contribution is -2.32. The molecular formula is C26H31N3O3. The number of imidazole rings is 1. The summed E-state index contributed by atoms with van der Waals surface area (Å²) in [6, 6.07) is 8.57. The molecule has 6 heteroatoms. The highest BCUT2D eigenvalue weighted by Crippen LogP contribution is 2.42. The van der Waals surface area contributed by atoms with E-state index in [-0.39, 0.29) is 36.0 Å². The quantitative estimate of drug-likeness (QED) is 0.696. The molecule has 1 saturated carbocycles. The Morgan fingerprint density at radius 2 is 2.06 bits per heavy atom. The Hall–Kier alpha value is -2.70. The zero-order valence-corrected chi connectivity index (χ0v) is 18.3. The molecule has 0 radical (unpaired) electrons. The molecule has 3 aliphatic rings. The van der Waals surface area contributed by atoms with Crippen LogP contribution in [0, 0.1) is 11.8 Å². The summed E-state index contributed by atoms with van der Waals surface area (Å²) in [5.74, 6) is -0.254. The molecule has 5 rings (SSSR count). The van der Waals surface area contributed by atoms with Crippen LogP contribution in [0.3, 0.4) is 0 Å². The summed E-state index contributed by atoms with van der Waals surface area (Å²) in [4.78, 5) is 16.0. The maximum atomic E-state index is 11.7. The van der Waals surface area contributed by atoms with Gasteiger partial charge in [0.15, 0.2) is 0 Å². The molecule has 1 amide bonds. The molecule has 1 aliphatic heterocycles. The summed E-state index contributed by atoms with van der Waals surface area (Å²) >= 11 is 0. The Bertz CT molecular complexity index is 1030. The van der Waals surface area contributed by atoms with Crippen LogP contribution >= 0.6 is 0 Å². The monoisotopic (exact) mass is 433 g/mol. The number of nitrogens with zero attached hydrogens (tertiary/aromatic N) is 2. The molecule has 168 valence electrons. The van der Waals surface area contributed by atoms with E-state index in [0.717, 1.165) is 37.0 Å². The predicted octanol–water partition coefficient (Wildman–Crippen LogP) is 3.77. The molecule has 2 heterocycles. The van der Waals surface area contributed by atoms with E-state index in [0.29, 0.717) is 19.4 Å². The summed E-state index contributed by atoms with van der Waals surface area (Å²) in [6.45, 7) is 0.456.